The van der Waals surface area contributed by atoms with Crippen molar-refractivity contribution in [3.05, 3.63) is 97.6 Å². The Bertz CT molecular complexity index is 698. The van der Waals surface area contributed by atoms with Crippen LogP contribution in [0.2, 0.25) is 0 Å². The first-order chi connectivity index (χ1) is 12.9. The van der Waals surface area contributed by atoms with Gasteiger partial charge in [0.25, 0.3) is 0 Å². The Kier molecular flexibility index (Phi) is 9.14. The minimum absolute atomic E-state index is 0.915. The van der Waals surface area contributed by atoms with Crippen LogP contribution in [-0.2, 0) is 17.6 Å². The number of rotatable bonds is 2. The fourth-order valence-corrected chi connectivity index (χ4v) is 2.06. The third kappa shape index (κ3) is 6.44. The standard InChI is InChI=1S/2C10H8N2.ClH.Os/c2*1-3-7-11-9(5-1)10-6-2-4-8-12-10;;/h2*1-8H;1H;/q;;;+1/p-1. The summed E-state index contributed by atoms with van der Waals surface area (Å²) in [6.07, 6.45) is 7.07. The smallest absolute Gasteiger partial charge is 0.0886 e. The minimum Gasteiger partial charge on any atom is -0.255 e. The van der Waals surface area contributed by atoms with Crippen molar-refractivity contribution in [2.75, 3.05) is 0 Å². The second-order valence-corrected chi connectivity index (χ2v) is 4.86. The van der Waals surface area contributed by atoms with Gasteiger partial charge >= 0.3 is 27.2 Å². The van der Waals surface area contributed by atoms with Gasteiger partial charge in [0.2, 0.25) is 0 Å². The van der Waals surface area contributed by atoms with E-state index in [0.717, 1.165) is 22.8 Å². The van der Waals surface area contributed by atoms with Crippen LogP contribution in [0.1, 0.15) is 0 Å². The second kappa shape index (κ2) is 12.0. The molecule has 0 aliphatic rings. The number of nitrogens with zero attached hydrogens (tertiary/aromatic N) is 4. The zero-order valence-corrected chi connectivity index (χ0v) is 17.1. The van der Waals surface area contributed by atoms with Gasteiger partial charge < -0.3 is 0 Å². The van der Waals surface area contributed by atoms with Crippen molar-refractivity contribution in [1.29, 1.82) is 0 Å². The molecule has 131 valence electrons. The van der Waals surface area contributed by atoms with Crippen molar-refractivity contribution in [2.24, 2.45) is 0 Å². The van der Waals surface area contributed by atoms with Gasteiger partial charge in [0.15, 0.2) is 0 Å². The van der Waals surface area contributed by atoms with E-state index in [9.17, 15) is 0 Å². The van der Waals surface area contributed by atoms with Crippen molar-refractivity contribution in [1.82, 2.24) is 19.9 Å². The van der Waals surface area contributed by atoms with Crippen LogP contribution in [-0.4, -0.2) is 19.9 Å². The summed E-state index contributed by atoms with van der Waals surface area (Å²) in [5, 5.41) is 0. The maximum absolute atomic E-state index is 4.67. The number of hydrogen-bond acceptors (Lipinski definition) is 4. The van der Waals surface area contributed by atoms with Gasteiger partial charge in [-0.15, -0.1) is 0 Å². The number of aromatic nitrogens is 4. The second-order valence-electron chi connectivity index (χ2n) is 4.86. The predicted molar refractivity (Wildman–Crippen MR) is 101 cm³/mol. The average molecular weight is 538 g/mol. The molecular weight excluding hydrogens is 522 g/mol. The summed E-state index contributed by atoms with van der Waals surface area (Å²) in [6, 6.07) is 23.2. The van der Waals surface area contributed by atoms with Gasteiger partial charge in [0, 0.05) is 24.8 Å². The van der Waals surface area contributed by atoms with Crippen LogP contribution in [0.25, 0.3) is 22.8 Å². The summed E-state index contributed by atoms with van der Waals surface area (Å²) >= 11 is 1.33. The zero-order valence-electron chi connectivity index (χ0n) is 13.8. The Morgan fingerprint density at radius 2 is 0.654 bits per heavy atom. The van der Waals surface area contributed by atoms with Crippen LogP contribution in [0.5, 0.6) is 0 Å². The Morgan fingerprint density at radius 3 is 0.808 bits per heavy atom. The number of pyridine rings is 4. The molecule has 0 spiro atoms. The quantitative estimate of drug-likeness (QED) is 0.362. The molecule has 0 fully saturated rings. The molecule has 0 aliphatic carbocycles. The van der Waals surface area contributed by atoms with Crippen LogP contribution in [0.3, 0.4) is 0 Å². The molecule has 0 saturated carbocycles. The summed E-state index contributed by atoms with van der Waals surface area (Å²) in [7, 11) is 4.67. The van der Waals surface area contributed by atoms with E-state index in [1.165, 1.54) is 17.6 Å². The van der Waals surface area contributed by atoms with Crippen LogP contribution in [0.4, 0.5) is 0 Å². The van der Waals surface area contributed by atoms with Gasteiger partial charge in [-0.1, -0.05) is 24.3 Å². The molecular formula is C20H16ClN4Os. The Morgan fingerprint density at radius 1 is 0.423 bits per heavy atom. The van der Waals surface area contributed by atoms with Crippen molar-refractivity contribution >= 4 is 9.64 Å². The van der Waals surface area contributed by atoms with E-state index in [1.54, 1.807) is 24.8 Å². The fourth-order valence-electron chi connectivity index (χ4n) is 2.06. The molecule has 4 aromatic heterocycles. The van der Waals surface area contributed by atoms with Crippen molar-refractivity contribution in [3.8, 4) is 22.8 Å². The molecule has 4 heterocycles. The van der Waals surface area contributed by atoms with E-state index in [-0.39, 0.29) is 0 Å². The molecule has 0 bridgehead atoms. The monoisotopic (exact) mass is 539 g/mol. The first-order valence-electron chi connectivity index (χ1n) is 7.72. The summed E-state index contributed by atoms with van der Waals surface area (Å²) < 4.78 is 0. The predicted octanol–water partition coefficient (Wildman–Crippen LogP) is 4.97. The summed E-state index contributed by atoms with van der Waals surface area (Å²) in [5.41, 5.74) is 3.66. The molecule has 0 amide bonds. The fraction of sp³-hybridized carbons (Fsp3) is 0. The molecule has 0 N–H and O–H groups in total. The molecule has 4 nitrogen and oxygen atoms in total. The van der Waals surface area contributed by atoms with Gasteiger partial charge in [-0.25, -0.2) is 0 Å². The number of hydrogen-bond donors (Lipinski definition) is 0. The zero-order chi connectivity index (χ0) is 18.5. The first kappa shape index (κ1) is 19.8. The van der Waals surface area contributed by atoms with E-state index in [2.05, 4.69) is 29.6 Å². The molecule has 0 aliphatic heterocycles. The normalized spacial score (nSPS) is 9.15. The Hall–Kier alpha value is -2.47. The third-order valence-corrected chi connectivity index (χ3v) is 3.18. The Labute approximate surface area is 167 Å². The molecule has 0 unspecified atom stereocenters. The first-order valence-corrected chi connectivity index (χ1v) is 10.9. The Balaban J connectivity index is 0.000000171. The molecule has 0 saturated heterocycles. The van der Waals surface area contributed by atoms with Crippen LogP contribution >= 0.6 is 9.64 Å². The van der Waals surface area contributed by atoms with Gasteiger partial charge in [0.05, 0.1) is 22.8 Å². The van der Waals surface area contributed by atoms with Crippen LogP contribution in [0.15, 0.2) is 97.6 Å². The van der Waals surface area contributed by atoms with E-state index in [4.69, 9.17) is 0 Å². The van der Waals surface area contributed by atoms with E-state index >= 15 is 0 Å². The molecule has 26 heavy (non-hydrogen) atoms. The largest absolute Gasteiger partial charge is 0.255 e. The van der Waals surface area contributed by atoms with Gasteiger partial charge in [-0.05, 0) is 48.5 Å². The van der Waals surface area contributed by atoms with E-state index in [0.29, 0.717) is 0 Å². The van der Waals surface area contributed by atoms with Crippen molar-refractivity contribution < 1.29 is 17.6 Å². The third-order valence-electron chi connectivity index (χ3n) is 3.18. The SMILES string of the molecule is [Cl][Os].c1ccc(-c2ccccn2)nc1.c1ccc(-c2ccccn2)nc1. The van der Waals surface area contributed by atoms with Crippen LogP contribution < -0.4 is 0 Å². The average Bonchev–Trinajstić information content (AvgIpc) is 2.78. The van der Waals surface area contributed by atoms with Gasteiger partial charge in [-0.2, -0.15) is 0 Å². The van der Waals surface area contributed by atoms with Crippen molar-refractivity contribution in [2.45, 2.75) is 0 Å². The summed E-state index contributed by atoms with van der Waals surface area (Å²) in [5.74, 6) is 0. The van der Waals surface area contributed by atoms with Crippen molar-refractivity contribution in [3.63, 3.8) is 0 Å². The summed E-state index contributed by atoms with van der Waals surface area (Å²) in [4.78, 5) is 16.7. The molecule has 0 aromatic carbocycles. The maximum Gasteiger partial charge on any atom is 0.0886 e. The van der Waals surface area contributed by atoms with Gasteiger partial charge in [-0.3, -0.25) is 19.9 Å². The molecule has 0 radical (unpaired) electrons. The maximum atomic E-state index is 4.67. The molecule has 4 rings (SSSR count). The van der Waals surface area contributed by atoms with Crippen LogP contribution in [0, 0.1) is 0 Å². The molecule has 4 aromatic rings. The van der Waals surface area contributed by atoms with Gasteiger partial charge in [0.1, 0.15) is 0 Å². The number of halogens is 1. The summed E-state index contributed by atoms with van der Waals surface area (Å²) in [6.45, 7) is 0. The topological polar surface area (TPSA) is 51.6 Å². The molecule has 6 heteroatoms. The van der Waals surface area contributed by atoms with E-state index in [1.807, 2.05) is 72.8 Å². The molecule has 0 atom stereocenters. The minimum atomic E-state index is 0.915. The van der Waals surface area contributed by atoms with E-state index < -0.39 is 0 Å².